The minimum Gasteiger partial charge on any atom is -0.395 e. The van der Waals surface area contributed by atoms with Crippen LogP contribution < -0.4 is 5.73 Å². The first-order chi connectivity index (χ1) is 7.67. The second-order valence-electron chi connectivity index (χ2n) is 3.65. The summed E-state index contributed by atoms with van der Waals surface area (Å²) in [6.07, 6.45) is 0. The lowest BCUT2D eigenvalue weighted by molar-refractivity contribution is 0.197. The van der Waals surface area contributed by atoms with Gasteiger partial charge in [-0.2, -0.15) is 0 Å². The summed E-state index contributed by atoms with van der Waals surface area (Å²) < 4.78 is 0. The number of hydrogen-bond acceptors (Lipinski definition) is 3. The van der Waals surface area contributed by atoms with Crippen LogP contribution in [0.2, 0.25) is 0 Å². The number of thiocarbonyl (C=S) groups is 1. The summed E-state index contributed by atoms with van der Waals surface area (Å²) in [6, 6.07) is 7.91. The largest absolute Gasteiger partial charge is 0.395 e. The molecule has 0 heterocycles. The van der Waals surface area contributed by atoms with E-state index in [2.05, 4.69) is 11.8 Å². The first-order valence-electron chi connectivity index (χ1n) is 5.39. The molecule has 0 aliphatic heterocycles. The Morgan fingerprint density at radius 3 is 2.44 bits per heavy atom. The van der Waals surface area contributed by atoms with Gasteiger partial charge < -0.3 is 10.8 Å². The molecule has 3 nitrogen and oxygen atoms in total. The maximum atomic E-state index is 8.89. The number of rotatable bonds is 6. The van der Waals surface area contributed by atoms with Crippen molar-refractivity contribution in [1.82, 2.24) is 4.90 Å². The zero-order valence-electron chi connectivity index (χ0n) is 9.52. The lowest BCUT2D eigenvalue weighted by atomic mass is 10.1. The van der Waals surface area contributed by atoms with Crippen molar-refractivity contribution in [1.29, 1.82) is 0 Å². The molecule has 0 aliphatic carbocycles. The van der Waals surface area contributed by atoms with Crippen LogP contribution in [-0.4, -0.2) is 34.7 Å². The highest BCUT2D eigenvalue weighted by Crippen LogP contribution is 2.07. The van der Waals surface area contributed by atoms with E-state index in [0.717, 1.165) is 18.7 Å². The lowest BCUT2D eigenvalue weighted by Crippen LogP contribution is -2.26. The molecular formula is C12H18N2OS. The minimum atomic E-state index is 0.193. The van der Waals surface area contributed by atoms with Crippen LogP contribution in [0.4, 0.5) is 0 Å². The van der Waals surface area contributed by atoms with Gasteiger partial charge in [-0.25, -0.2) is 0 Å². The van der Waals surface area contributed by atoms with Crippen LogP contribution in [0, 0.1) is 0 Å². The molecule has 16 heavy (non-hydrogen) atoms. The highest BCUT2D eigenvalue weighted by atomic mass is 32.1. The van der Waals surface area contributed by atoms with Crippen LogP contribution in [0.3, 0.4) is 0 Å². The SMILES string of the molecule is CCN(CCO)Cc1ccc(C(N)=S)cc1. The first kappa shape index (κ1) is 13.1. The molecule has 0 saturated heterocycles. The molecule has 0 bridgehead atoms. The van der Waals surface area contributed by atoms with Gasteiger partial charge in [0.1, 0.15) is 4.99 Å². The van der Waals surface area contributed by atoms with Crippen LogP contribution >= 0.6 is 12.2 Å². The normalized spacial score (nSPS) is 10.7. The predicted molar refractivity (Wildman–Crippen MR) is 70.4 cm³/mol. The second-order valence-corrected chi connectivity index (χ2v) is 4.09. The number of hydrogen-bond donors (Lipinski definition) is 2. The van der Waals surface area contributed by atoms with Crippen LogP contribution in [-0.2, 0) is 6.54 Å². The van der Waals surface area contributed by atoms with Crippen molar-refractivity contribution in [2.75, 3.05) is 19.7 Å². The Labute approximate surface area is 102 Å². The molecule has 1 aromatic carbocycles. The minimum absolute atomic E-state index is 0.193. The van der Waals surface area contributed by atoms with Crippen LogP contribution in [0.15, 0.2) is 24.3 Å². The van der Waals surface area contributed by atoms with E-state index in [0.29, 0.717) is 11.5 Å². The average Bonchev–Trinajstić information content (AvgIpc) is 2.29. The third-order valence-corrected chi connectivity index (χ3v) is 2.74. The van der Waals surface area contributed by atoms with E-state index in [-0.39, 0.29) is 6.61 Å². The molecule has 1 rings (SSSR count). The Bertz CT molecular complexity index is 337. The van der Waals surface area contributed by atoms with E-state index in [1.165, 1.54) is 5.56 Å². The number of aliphatic hydroxyl groups excluding tert-OH is 1. The van der Waals surface area contributed by atoms with Crippen molar-refractivity contribution in [3.8, 4) is 0 Å². The van der Waals surface area contributed by atoms with Gasteiger partial charge in [0.2, 0.25) is 0 Å². The summed E-state index contributed by atoms with van der Waals surface area (Å²) in [6.45, 7) is 4.75. The summed E-state index contributed by atoms with van der Waals surface area (Å²) in [5, 5.41) is 8.89. The Morgan fingerprint density at radius 1 is 1.38 bits per heavy atom. The van der Waals surface area contributed by atoms with E-state index >= 15 is 0 Å². The molecule has 0 fully saturated rings. The van der Waals surface area contributed by atoms with Gasteiger partial charge in [0, 0.05) is 18.7 Å². The van der Waals surface area contributed by atoms with E-state index in [1.807, 2.05) is 24.3 Å². The third-order valence-electron chi connectivity index (χ3n) is 2.51. The summed E-state index contributed by atoms with van der Waals surface area (Å²) in [5.41, 5.74) is 7.62. The van der Waals surface area contributed by atoms with Gasteiger partial charge in [-0.3, -0.25) is 4.90 Å². The lowest BCUT2D eigenvalue weighted by Gasteiger charge is -2.19. The van der Waals surface area contributed by atoms with E-state index in [4.69, 9.17) is 23.1 Å². The van der Waals surface area contributed by atoms with Gasteiger partial charge in [0.25, 0.3) is 0 Å². The fourth-order valence-electron chi connectivity index (χ4n) is 1.52. The van der Waals surface area contributed by atoms with Gasteiger partial charge in [0.15, 0.2) is 0 Å². The third kappa shape index (κ3) is 3.89. The molecule has 1 aromatic rings. The molecule has 0 atom stereocenters. The van der Waals surface area contributed by atoms with Gasteiger partial charge in [-0.15, -0.1) is 0 Å². The monoisotopic (exact) mass is 238 g/mol. The van der Waals surface area contributed by atoms with Crippen molar-refractivity contribution < 1.29 is 5.11 Å². The van der Waals surface area contributed by atoms with E-state index in [9.17, 15) is 0 Å². The van der Waals surface area contributed by atoms with Crippen molar-refractivity contribution in [2.24, 2.45) is 5.73 Å². The van der Waals surface area contributed by atoms with Crippen molar-refractivity contribution in [2.45, 2.75) is 13.5 Å². The maximum absolute atomic E-state index is 8.89. The molecule has 0 saturated carbocycles. The zero-order chi connectivity index (χ0) is 12.0. The Balaban J connectivity index is 2.63. The van der Waals surface area contributed by atoms with Crippen molar-refractivity contribution in [3.63, 3.8) is 0 Å². The Kier molecular flexibility index (Phi) is 5.38. The smallest absolute Gasteiger partial charge is 0.103 e. The molecule has 4 heteroatoms. The van der Waals surface area contributed by atoms with Crippen LogP contribution in [0.5, 0.6) is 0 Å². The van der Waals surface area contributed by atoms with Gasteiger partial charge in [-0.05, 0) is 12.1 Å². The summed E-state index contributed by atoms with van der Waals surface area (Å²) >= 11 is 4.89. The Morgan fingerprint density at radius 2 is 2.00 bits per heavy atom. The summed E-state index contributed by atoms with van der Waals surface area (Å²) in [4.78, 5) is 2.60. The first-order valence-corrected chi connectivity index (χ1v) is 5.80. The highest BCUT2D eigenvalue weighted by molar-refractivity contribution is 7.80. The molecule has 0 aliphatic rings. The van der Waals surface area contributed by atoms with E-state index < -0.39 is 0 Å². The quantitative estimate of drug-likeness (QED) is 0.730. The number of likely N-dealkylation sites (N-methyl/N-ethyl adjacent to an activating group) is 1. The average molecular weight is 238 g/mol. The number of nitrogens with zero attached hydrogens (tertiary/aromatic N) is 1. The summed E-state index contributed by atoms with van der Waals surface area (Å²) in [7, 11) is 0. The number of nitrogens with two attached hydrogens (primary N) is 1. The summed E-state index contributed by atoms with van der Waals surface area (Å²) in [5.74, 6) is 0. The molecule has 3 N–H and O–H groups in total. The maximum Gasteiger partial charge on any atom is 0.103 e. The molecule has 0 unspecified atom stereocenters. The standard InChI is InChI=1S/C12H18N2OS/c1-2-14(7-8-15)9-10-3-5-11(6-4-10)12(13)16/h3-6,15H,2,7-9H2,1H3,(H2,13,16). The molecule has 0 spiro atoms. The van der Waals surface area contributed by atoms with E-state index in [1.54, 1.807) is 0 Å². The molecule has 0 aromatic heterocycles. The van der Waals surface area contributed by atoms with Gasteiger partial charge in [-0.1, -0.05) is 43.4 Å². The fraction of sp³-hybridized carbons (Fsp3) is 0.417. The Hall–Kier alpha value is -0.970. The van der Waals surface area contributed by atoms with Crippen LogP contribution in [0.25, 0.3) is 0 Å². The molecule has 0 amide bonds. The molecular weight excluding hydrogens is 220 g/mol. The molecule has 88 valence electrons. The van der Waals surface area contributed by atoms with Gasteiger partial charge >= 0.3 is 0 Å². The number of aliphatic hydroxyl groups is 1. The number of benzene rings is 1. The fourth-order valence-corrected chi connectivity index (χ4v) is 1.66. The zero-order valence-corrected chi connectivity index (χ0v) is 10.3. The van der Waals surface area contributed by atoms with Crippen molar-refractivity contribution >= 4 is 17.2 Å². The topological polar surface area (TPSA) is 49.5 Å². The van der Waals surface area contributed by atoms with Crippen molar-refractivity contribution in [3.05, 3.63) is 35.4 Å². The highest BCUT2D eigenvalue weighted by Gasteiger charge is 2.03. The predicted octanol–water partition coefficient (Wildman–Crippen LogP) is 1.13. The second kappa shape index (κ2) is 6.58. The molecule has 0 radical (unpaired) electrons. The van der Waals surface area contributed by atoms with Crippen LogP contribution in [0.1, 0.15) is 18.1 Å². The van der Waals surface area contributed by atoms with Gasteiger partial charge in [0.05, 0.1) is 6.61 Å².